The highest BCUT2D eigenvalue weighted by atomic mass is 16.5. The summed E-state index contributed by atoms with van der Waals surface area (Å²) in [6.45, 7) is 0.101. The molecule has 7 heteroatoms. The maximum absolute atomic E-state index is 10.7. The van der Waals surface area contributed by atoms with Gasteiger partial charge in [-0.05, 0) is 12.0 Å². The molecule has 0 saturated carbocycles. The smallest absolute Gasteiger partial charge is 0.305 e. The van der Waals surface area contributed by atoms with Gasteiger partial charge in [-0.25, -0.2) is 5.48 Å². The number of hydrogen-bond acceptors (Lipinski definition) is 5. The van der Waals surface area contributed by atoms with E-state index in [9.17, 15) is 4.79 Å². The van der Waals surface area contributed by atoms with E-state index in [-0.39, 0.29) is 18.9 Å². The van der Waals surface area contributed by atoms with Crippen LogP contribution in [0.2, 0.25) is 0 Å². The number of ether oxygens (including phenoxy) is 1. The molecule has 0 aromatic carbocycles. The third-order valence-electron chi connectivity index (χ3n) is 1.47. The normalized spacial score (nSPS) is 11.5. The number of carbonyl (C=O) groups excluding carboxylic acids is 1. The molecule has 0 aliphatic carbocycles. The summed E-state index contributed by atoms with van der Waals surface area (Å²) >= 11 is 0. The van der Waals surface area contributed by atoms with Crippen molar-refractivity contribution in [3.8, 4) is 0 Å². The molecule has 0 radical (unpaired) electrons. The van der Waals surface area contributed by atoms with Crippen LogP contribution in [0.15, 0.2) is 5.11 Å². The van der Waals surface area contributed by atoms with Crippen molar-refractivity contribution in [2.75, 3.05) is 13.7 Å². The van der Waals surface area contributed by atoms with Crippen LogP contribution in [0.25, 0.3) is 10.4 Å². The van der Waals surface area contributed by atoms with Gasteiger partial charge in [-0.3, -0.25) is 4.79 Å². The van der Waals surface area contributed by atoms with Crippen molar-refractivity contribution >= 4 is 5.97 Å². The fraction of sp³-hybridized carbons (Fsp3) is 0.833. The second-order valence-electron chi connectivity index (χ2n) is 2.35. The van der Waals surface area contributed by atoms with Crippen LogP contribution in [0, 0.1) is 0 Å². The molecule has 0 amide bonds. The van der Waals surface area contributed by atoms with Crippen molar-refractivity contribution in [3.63, 3.8) is 0 Å². The zero-order valence-electron chi connectivity index (χ0n) is 7.30. The number of esters is 1. The predicted octanol–water partition coefficient (Wildman–Crippen LogP) is 0.597. The summed E-state index contributed by atoms with van der Waals surface area (Å²) < 4.78 is 4.40. The number of carbonyl (C=O) groups is 1. The Morgan fingerprint density at radius 2 is 2.54 bits per heavy atom. The molecular weight excluding hydrogens is 176 g/mol. The summed E-state index contributed by atoms with van der Waals surface area (Å²) in [5, 5.41) is 11.8. The van der Waals surface area contributed by atoms with E-state index in [1.807, 2.05) is 5.48 Å². The molecule has 0 aliphatic heterocycles. The standard InChI is InChI=1S/C6H12N4O3/c1-13-6(11)3-2-5(9-12)4-8-10-7/h5,9,12H,2-4H2,1H3. The molecule has 1 atom stereocenters. The van der Waals surface area contributed by atoms with Gasteiger partial charge in [0, 0.05) is 23.9 Å². The van der Waals surface area contributed by atoms with Gasteiger partial charge in [-0.15, -0.1) is 0 Å². The Kier molecular flexibility index (Phi) is 6.62. The van der Waals surface area contributed by atoms with Crippen LogP contribution in [0.3, 0.4) is 0 Å². The molecule has 0 aliphatic rings. The highest BCUT2D eigenvalue weighted by Crippen LogP contribution is 1.98. The number of azide groups is 1. The van der Waals surface area contributed by atoms with Crippen LogP contribution < -0.4 is 5.48 Å². The largest absolute Gasteiger partial charge is 0.469 e. The number of rotatable bonds is 6. The van der Waals surface area contributed by atoms with Gasteiger partial charge in [0.15, 0.2) is 0 Å². The lowest BCUT2D eigenvalue weighted by Crippen LogP contribution is -2.29. The minimum absolute atomic E-state index is 0.101. The van der Waals surface area contributed by atoms with Crippen molar-refractivity contribution in [1.29, 1.82) is 0 Å². The number of hydroxylamine groups is 1. The first-order valence-electron chi connectivity index (χ1n) is 3.72. The fourth-order valence-corrected chi connectivity index (χ4v) is 0.726. The minimum Gasteiger partial charge on any atom is -0.469 e. The molecule has 13 heavy (non-hydrogen) atoms. The number of hydrogen-bond donors (Lipinski definition) is 2. The summed E-state index contributed by atoms with van der Waals surface area (Å²) in [6.07, 6.45) is 0.540. The van der Waals surface area contributed by atoms with Crippen LogP contribution >= 0.6 is 0 Å². The van der Waals surface area contributed by atoms with E-state index in [0.717, 1.165) is 0 Å². The molecule has 1 unspecified atom stereocenters. The summed E-state index contributed by atoms with van der Waals surface area (Å²) in [5.74, 6) is -0.360. The van der Waals surface area contributed by atoms with Crippen molar-refractivity contribution in [2.45, 2.75) is 18.9 Å². The van der Waals surface area contributed by atoms with E-state index in [2.05, 4.69) is 14.8 Å². The molecule has 0 fully saturated rings. The second-order valence-corrected chi connectivity index (χ2v) is 2.35. The van der Waals surface area contributed by atoms with E-state index in [4.69, 9.17) is 10.7 Å². The molecule has 0 spiro atoms. The number of nitrogens with zero attached hydrogens (tertiary/aromatic N) is 3. The first-order valence-corrected chi connectivity index (χ1v) is 3.72. The van der Waals surface area contributed by atoms with E-state index in [0.29, 0.717) is 6.42 Å². The van der Waals surface area contributed by atoms with Gasteiger partial charge in [0.05, 0.1) is 7.11 Å². The lowest BCUT2D eigenvalue weighted by molar-refractivity contribution is -0.140. The summed E-state index contributed by atoms with van der Waals surface area (Å²) in [4.78, 5) is 13.2. The molecule has 74 valence electrons. The van der Waals surface area contributed by atoms with Crippen molar-refractivity contribution < 1.29 is 14.7 Å². The van der Waals surface area contributed by atoms with Crippen LogP contribution in [0.4, 0.5) is 0 Å². The first-order chi connectivity index (χ1) is 6.24. The number of nitrogens with one attached hydrogen (secondary N) is 1. The summed E-state index contributed by atoms with van der Waals surface area (Å²) in [7, 11) is 1.29. The van der Waals surface area contributed by atoms with Crippen molar-refractivity contribution in [1.82, 2.24) is 5.48 Å². The zero-order valence-corrected chi connectivity index (χ0v) is 7.30. The van der Waals surface area contributed by atoms with E-state index >= 15 is 0 Å². The van der Waals surface area contributed by atoms with Crippen LogP contribution in [-0.4, -0.2) is 30.9 Å². The second kappa shape index (κ2) is 7.35. The average Bonchev–Trinajstić information content (AvgIpc) is 2.17. The summed E-state index contributed by atoms with van der Waals surface area (Å²) in [5.41, 5.74) is 9.94. The molecule has 0 saturated heterocycles. The van der Waals surface area contributed by atoms with Gasteiger partial charge in [0.25, 0.3) is 0 Å². The predicted molar refractivity (Wildman–Crippen MR) is 44.0 cm³/mol. The van der Waals surface area contributed by atoms with E-state index in [1.165, 1.54) is 7.11 Å². The molecule has 0 heterocycles. The Morgan fingerprint density at radius 1 is 1.85 bits per heavy atom. The first kappa shape index (κ1) is 11.7. The van der Waals surface area contributed by atoms with Crippen molar-refractivity contribution in [2.24, 2.45) is 5.11 Å². The average molecular weight is 188 g/mol. The fourth-order valence-electron chi connectivity index (χ4n) is 0.726. The monoisotopic (exact) mass is 188 g/mol. The molecular formula is C6H12N4O3. The van der Waals surface area contributed by atoms with E-state index < -0.39 is 6.04 Å². The topological polar surface area (TPSA) is 107 Å². The maximum Gasteiger partial charge on any atom is 0.305 e. The van der Waals surface area contributed by atoms with Gasteiger partial charge < -0.3 is 9.94 Å². The molecule has 7 nitrogen and oxygen atoms in total. The molecule has 0 rings (SSSR count). The van der Waals surface area contributed by atoms with Crippen molar-refractivity contribution in [3.05, 3.63) is 10.4 Å². The minimum atomic E-state index is -0.407. The lowest BCUT2D eigenvalue weighted by Gasteiger charge is -2.10. The Labute approximate surface area is 75.3 Å². The quantitative estimate of drug-likeness (QED) is 0.209. The van der Waals surface area contributed by atoms with E-state index in [1.54, 1.807) is 0 Å². The molecule has 0 aromatic rings. The lowest BCUT2D eigenvalue weighted by atomic mass is 10.2. The third-order valence-corrected chi connectivity index (χ3v) is 1.47. The Bertz CT molecular complexity index is 202. The third kappa shape index (κ3) is 5.92. The highest BCUT2D eigenvalue weighted by Gasteiger charge is 2.08. The van der Waals surface area contributed by atoms with Gasteiger partial charge >= 0.3 is 5.97 Å². The SMILES string of the molecule is COC(=O)CCC(CN=[N+]=[N-])NO. The Balaban J connectivity index is 3.71. The van der Waals surface area contributed by atoms with Gasteiger partial charge in [0.2, 0.25) is 0 Å². The van der Waals surface area contributed by atoms with Gasteiger partial charge in [-0.1, -0.05) is 5.11 Å². The Hall–Kier alpha value is -1.30. The Morgan fingerprint density at radius 3 is 3.00 bits per heavy atom. The molecule has 0 aromatic heterocycles. The van der Waals surface area contributed by atoms with Crippen LogP contribution in [0.5, 0.6) is 0 Å². The maximum atomic E-state index is 10.7. The molecule has 2 N–H and O–H groups in total. The van der Waals surface area contributed by atoms with Gasteiger partial charge in [0.1, 0.15) is 0 Å². The van der Waals surface area contributed by atoms with Crippen LogP contribution in [-0.2, 0) is 9.53 Å². The summed E-state index contributed by atoms with van der Waals surface area (Å²) in [6, 6.07) is -0.407. The zero-order chi connectivity index (χ0) is 10.1. The van der Waals surface area contributed by atoms with Crippen LogP contribution in [0.1, 0.15) is 12.8 Å². The number of methoxy groups -OCH3 is 1. The highest BCUT2D eigenvalue weighted by molar-refractivity contribution is 5.69. The molecule has 0 bridgehead atoms. The van der Waals surface area contributed by atoms with Gasteiger partial charge in [-0.2, -0.15) is 0 Å².